The standard InChI is InChI=1S/C25H26O4/c1-3-17-9-11-18(12-10-17)14-22-24(26)23-16(2)13-20(15-21(23)29-22)28-25(27)19-7-5-4-6-8-19/h9-15,19H,3-8H2,1-2H3/b22-14-. The topological polar surface area (TPSA) is 52.6 Å². The molecule has 0 N–H and O–H groups in total. The molecule has 4 rings (SSSR count). The molecule has 4 heteroatoms. The molecular formula is C25H26O4. The van der Waals surface area contributed by atoms with Gasteiger partial charge < -0.3 is 9.47 Å². The second-order valence-corrected chi connectivity index (χ2v) is 7.90. The first kappa shape index (κ1) is 19.4. The number of Topliss-reactive ketones (excluding diaryl/α,β-unsaturated/α-hetero) is 1. The van der Waals surface area contributed by atoms with Crippen LogP contribution in [0.15, 0.2) is 42.2 Å². The fraction of sp³-hybridized carbons (Fsp3) is 0.360. The number of ketones is 1. The van der Waals surface area contributed by atoms with Crippen LogP contribution in [0.3, 0.4) is 0 Å². The molecule has 1 fully saturated rings. The third-order valence-corrected chi connectivity index (χ3v) is 5.79. The highest BCUT2D eigenvalue weighted by Gasteiger charge is 2.31. The highest BCUT2D eigenvalue weighted by molar-refractivity contribution is 6.15. The minimum atomic E-state index is -0.180. The van der Waals surface area contributed by atoms with E-state index >= 15 is 0 Å². The molecule has 1 heterocycles. The predicted molar refractivity (Wildman–Crippen MR) is 112 cm³/mol. The molecule has 150 valence electrons. The third-order valence-electron chi connectivity index (χ3n) is 5.79. The number of hydrogen-bond acceptors (Lipinski definition) is 4. The molecule has 0 saturated heterocycles. The van der Waals surface area contributed by atoms with Gasteiger partial charge in [-0.2, -0.15) is 0 Å². The van der Waals surface area contributed by atoms with Gasteiger partial charge >= 0.3 is 5.97 Å². The van der Waals surface area contributed by atoms with E-state index in [0.717, 1.165) is 43.2 Å². The number of carbonyl (C=O) groups is 2. The van der Waals surface area contributed by atoms with E-state index in [4.69, 9.17) is 9.47 Å². The second kappa shape index (κ2) is 8.24. The number of aryl methyl sites for hydroxylation is 2. The number of rotatable bonds is 4. The molecule has 1 saturated carbocycles. The van der Waals surface area contributed by atoms with Gasteiger partial charge in [0, 0.05) is 6.07 Å². The van der Waals surface area contributed by atoms with Gasteiger partial charge in [-0.15, -0.1) is 0 Å². The van der Waals surface area contributed by atoms with Crippen molar-refractivity contribution in [2.75, 3.05) is 0 Å². The Morgan fingerprint density at radius 2 is 1.86 bits per heavy atom. The lowest BCUT2D eigenvalue weighted by Crippen LogP contribution is -2.22. The summed E-state index contributed by atoms with van der Waals surface area (Å²) in [4.78, 5) is 25.3. The average molecular weight is 390 g/mol. The van der Waals surface area contributed by atoms with E-state index in [2.05, 4.69) is 6.92 Å². The van der Waals surface area contributed by atoms with E-state index < -0.39 is 0 Å². The van der Waals surface area contributed by atoms with Gasteiger partial charge in [0.25, 0.3) is 0 Å². The summed E-state index contributed by atoms with van der Waals surface area (Å²) in [6.07, 6.45) is 7.85. The summed E-state index contributed by atoms with van der Waals surface area (Å²) < 4.78 is 11.5. The molecular weight excluding hydrogens is 364 g/mol. The molecule has 0 aromatic heterocycles. The summed E-state index contributed by atoms with van der Waals surface area (Å²) in [5.41, 5.74) is 3.46. The number of hydrogen-bond donors (Lipinski definition) is 0. The molecule has 0 atom stereocenters. The third kappa shape index (κ3) is 4.12. The van der Waals surface area contributed by atoms with E-state index in [9.17, 15) is 9.59 Å². The van der Waals surface area contributed by atoms with Crippen LogP contribution in [0, 0.1) is 12.8 Å². The fourth-order valence-corrected chi connectivity index (χ4v) is 4.08. The van der Waals surface area contributed by atoms with Gasteiger partial charge in [0.1, 0.15) is 11.5 Å². The summed E-state index contributed by atoms with van der Waals surface area (Å²) in [5, 5.41) is 0. The van der Waals surface area contributed by atoms with Crippen molar-refractivity contribution in [1.82, 2.24) is 0 Å². The molecule has 0 amide bonds. The first-order valence-corrected chi connectivity index (χ1v) is 10.4. The Balaban J connectivity index is 1.54. The monoisotopic (exact) mass is 390 g/mol. The van der Waals surface area contributed by atoms with Gasteiger partial charge in [0.2, 0.25) is 5.78 Å². The fourth-order valence-electron chi connectivity index (χ4n) is 4.08. The number of benzene rings is 2. The smallest absolute Gasteiger partial charge is 0.314 e. The van der Waals surface area contributed by atoms with Gasteiger partial charge in [0.15, 0.2) is 5.76 Å². The summed E-state index contributed by atoms with van der Waals surface area (Å²) in [6, 6.07) is 11.5. The van der Waals surface area contributed by atoms with Crippen LogP contribution in [0.1, 0.15) is 66.1 Å². The molecule has 0 unspecified atom stereocenters. The largest absolute Gasteiger partial charge is 0.452 e. The van der Waals surface area contributed by atoms with Crippen molar-refractivity contribution in [2.45, 2.75) is 52.4 Å². The van der Waals surface area contributed by atoms with E-state index in [1.165, 1.54) is 12.0 Å². The molecule has 1 aliphatic heterocycles. The van der Waals surface area contributed by atoms with Crippen LogP contribution in [0.25, 0.3) is 6.08 Å². The minimum Gasteiger partial charge on any atom is -0.452 e. The van der Waals surface area contributed by atoms with Gasteiger partial charge in [-0.05, 0) is 55.0 Å². The number of esters is 1. The molecule has 2 aliphatic rings. The van der Waals surface area contributed by atoms with Crippen LogP contribution >= 0.6 is 0 Å². The normalized spacial score (nSPS) is 17.9. The molecule has 0 radical (unpaired) electrons. The van der Waals surface area contributed by atoms with Crippen LogP contribution in [-0.2, 0) is 11.2 Å². The Bertz CT molecular complexity index is 963. The van der Waals surface area contributed by atoms with Crippen LogP contribution in [-0.4, -0.2) is 11.8 Å². The van der Waals surface area contributed by atoms with Crippen LogP contribution < -0.4 is 9.47 Å². The lowest BCUT2D eigenvalue weighted by atomic mass is 9.89. The van der Waals surface area contributed by atoms with Gasteiger partial charge in [-0.25, -0.2) is 0 Å². The van der Waals surface area contributed by atoms with Gasteiger partial charge in [0.05, 0.1) is 11.5 Å². The average Bonchev–Trinajstić information content (AvgIpc) is 3.04. The maximum absolute atomic E-state index is 12.8. The predicted octanol–water partition coefficient (Wildman–Crippen LogP) is 5.66. The van der Waals surface area contributed by atoms with Gasteiger partial charge in [-0.3, -0.25) is 9.59 Å². The summed E-state index contributed by atoms with van der Waals surface area (Å²) in [7, 11) is 0. The van der Waals surface area contributed by atoms with Crippen molar-refractivity contribution in [3.8, 4) is 11.5 Å². The van der Waals surface area contributed by atoms with E-state index in [0.29, 0.717) is 22.8 Å². The zero-order valence-corrected chi connectivity index (χ0v) is 17.0. The summed E-state index contributed by atoms with van der Waals surface area (Å²) >= 11 is 0. The number of allylic oxidation sites excluding steroid dienone is 1. The molecule has 4 nitrogen and oxygen atoms in total. The van der Waals surface area contributed by atoms with Crippen LogP contribution in [0.5, 0.6) is 11.5 Å². The van der Waals surface area contributed by atoms with Crippen molar-refractivity contribution < 1.29 is 19.1 Å². The van der Waals surface area contributed by atoms with E-state index in [1.807, 2.05) is 31.2 Å². The molecule has 2 aromatic rings. The summed E-state index contributed by atoms with van der Waals surface area (Å²) in [6.45, 7) is 3.95. The first-order chi connectivity index (χ1) is 14.0. The summed E-state index contributed by atoms with van der Waals surface area (Å²) in [5.74, 6) is 0.850. The SMILES string of the molecule is CCc1ccc(/C=C2\Oc3cc(OC(=O)C4CCCCC4)cc(C)c3C2=O)cc1. The van der Waals surface area contributed by atoms with Crippen molar-refractivity contribution in [1.29, 1.82) is 0 Å². The quantitative estimate of drug-likeness (QED) is 0.384. The Labute approximate surface area is 171 Å². The van der Waals surface area contributed by atoms with Crippen molar-refractivity contribution in [3.05, 3.63) is 64.4 Å². The first-order valence-electron chi connectivity index (χ1n) is 10.4. The van der Waals surface area contributed by atoms with E-state index in [1.54, 1.807) is 18.2 Å². The molecule has 29 heavy (non-hydrogen) atoms. The minimum absolute atomic E-state index is 0.0265. The highest BCUT2D eigenvalue weighted by Crippen LogP contribution is 2.38. The highest BCUT2D eigenvalue weighted by atomic mass is 16.5. The second-order valence-electron chi connectivity index (χ2n) is 7.90. The zero-order chi connectivity index (χ0) is 20.4. The lowest BCUT2D eigenvalue weighted by molar-refractivity contribution is -0.139. The Hall–Kier alpha value is -2.88. The van der Waals surface area contributed by atoms with Gasteiger partial charge in [-0.1, -0.05) is 50.5 Å². The molecule has 2 aromatic carbocycles. The maximum atomic E-state index is 12.8. The molecule has 0 bridgehead atoms. The molecule has 0 spiro atoms. The van der Waals surface area contributed by atoms with Crippen molar-refractivity contribution >= 4 is 17.8 Å². The number of carbonyl (C=O) groups excluding carboxylic acids is 2. The Morgan fingerprint density at radius 1 is 1.14 bits per heavy atom. The van der Waals surface area contributed by atoms with Crippen LogP contribution in [0.4, 0.5) is 0 Å². The maximum Gasteiger partial charge on any atom is 0.314 e. The van der Waals surface area contributed by atoms with Crippen molar-refractivity contribution in [3.63, 3.8) is 0 Å². The van der Waals surface area contributed by atoms with Crippen LogP contribution in [0.2, 0.25) is 0 Å². The zero-order valence-electron chi connectivity index (χ0n) is 17.0. The lowest BCUT2D eigenvalue weighted by Gasteiger charge is -2.20. The molecule has 1 aliphatic carbocycles. The number of fused-ring (bicyclic) bond motifs is 1. The van der Waals surface area contributed by atoms with E-state index in [-0.39, 0.29) is 17.7 Å². The van der Waals surface area contributed by atoms with Crippen molar-refractivity contribution in [2.24, 2.45) is 5.92 Å². The number of ether oxygens (including phenoxy) is 2. The Kier molecular flexibility index (Phi) is 5.52. The Morgan fingerprint density at radius 3 is 2.55 bits per heavy atom.